The van der Waals surface area contributed by atoms with Crippen LogP contribution in [0.25, 0.3) is 10.8 Å². The van der Waals surface area contributed by atoms with Gasteiger partial charge in [0.25, 0.3) is 0 Å². The SMILES string of the molecule is COc1ccc2cccc(CCN(C(C)=O)C(=O)OC(C3CCCCC3)C(C)(C)C(=O)O)c2c1. The van der Waals surface area contributed by atoms with E-state index in [9.17, 15) is 19.5 Å². The number of hydrogen-bond donors (Lipinski definition) is 1. The summed E-state index contributed by atoms with van der Waals surface area (Å²) in [4.78, 5) is 38.6. The molecule has 0 aliphatic heterocycles. The first kappa shape index (κ1) is 25.5. The van der Waals surface area contributed by atoms with Gasteiger partial charge in [-0.15, -0.1) is 0 Å². The molecule has 3 rings (SSSR count). The van der Waals surface area contributed by atoms with E-state index in [4.69, 9.17) is 9.47 Å². The zero-order valence-corrected chi connectivity index (χ0v) is 20.5. The summed E-state index contributed by atoms with van der Waals surface area (Å²) in [6.07, 6.45) is 3.54. The van der Waals surface area contributed by atoms with Gasteiger partial charge in [0, 0.05) is 13.5 Å². The van der Waals surface area contributed by atoms with Crippen LogP contribution in [0.5, 0.6) is 5.75 Å². The molecule has 0 heterocycles. The fourth-order valence-electron chi connectivity index (χ4n) is 4.83. The first-order valence-corrected chi connectivity index (χ1v) is 11.9. The molecule has 1 fully saturated rings. The Morgan fingerprint density at radius 1 is 1.12 bits per heavy atom. The Bertz CT molecular complexity index is 1040. The summed E-state index contributed by atoms with van der Waals surface area (Å²) in [5, 5.41) is 11.8. The second-order valence-electron chi connectivity index (χ2n) is 9.65. The third kappa shape index (κ3) is 5.69. The minimum Gasteiger partial charge on any atom is -0.497 e. The van der Waals surface area contributed by atoms with Crippen molar-refractivity contribution in [2.24, 2.45) is 11.3 Å². The molecular weight excluding hydrogens is 434 g/mol. The third-order valence-corrected chi connectivity index (χ3v) is 6.95. The fraction of sp³-hybridized carbons (Fsp3) is 0.519. The molecule has 0 radical (unpaired) electrons. The summed E-state index contributed by atoms with van der Waals surface area (Å²) in [5.74, 6) is -0.759. The number of imide groups is 1. The van der Waals surface area contributed by atoms with Crippen molar-refractivity contribution >= 4 is 28.7 Å². The summed E-state index contributed by atoms with van der Waals surface area (Å²) in [5.41, 5.74) is -0.281. The van der Waals surface area contributed by atoms with Crippen LogP contribution in [0.15, 0.2) is 36.4 Å². The number of carbonyl (C=O) groups is 3. The Hall–Kier alpha value is -3.09. The van der Waals surface area contributed by atoms with Crippen molar-refractivity contribution < 1.29 is 29.0 Å². The van der Waals surface area contributed by atoms with Crippen LogP contribution in [0.4, 0.5) is 4.79 Å². The lowest BCUT2D eigenvalue weighted by Crippen LogP contribution is -2.48. The number of aliphatic carboxylic acids is 1. The van der Waals surface area contributed by atoms with Crippen LogP contribution >= 0.6 is 0 Å². The molecule has 1 N–H and O–H groups in total. The van der Waals surface area contributed by atoms with Gasteiger partial charge in [0.1, 0.15) is 11.9 Å². The molecule has 34 heavy (non-hydrogen) atoms. The van der Waals surface area contributed by atoms with Crippen LogP contribution in [0, 0.1) is 11.3 Å². The van der Waals surface area contributed by atoms with Crippen molar-refractivity contribution in [2.45, 2.75) is 65.4 Å². The van der Waals surface area contributed by atoms with Gasteiger partial charge in [0.05, 0.1) is 12.5 Å². The van der Waals surface area contributed by atoms with E-state index >= 15 is 0 Å². The van der Waals surface area contributed by atoms with E-state index in [-0.39, 0.29) is 12.5 Å². The number of carboxylic acids is 1. The summed E-state index contributed by atoms with van der Waals surface area (Å²) >= 11 is 0. The van der Waals surface area contributed by atoms with Crippen molar-refractivity contribution in [3.05, 3.63) is 42.0 Å². The number of carboxylic acid groups (broad SMARTS) is 1. The van der Waals surface area contributed by atoms with Crippen LogP contribution in [0.2, 0.25) is 0 Å². The molecular formula is C27H35NO6. The zero-order chi connectivity index (χ0) is 24.9. The summed E-state index contributed by atoms with van der Waals surface area (Å²) in [7, 11) is 1.61. The molecule has 7 heteroatoms. The number of methoxy groups -OCH3 is 1. The van der Waals surface area contributed by atoms with Gasteiger partial charge in [0.2, 0.25) is 5.91 Å². The lowest BCUT2D eigenvalue weighted by molar-refractivity contribution is -0.157. The quantitative estimate of drug-likeness (QED) is 0.554. The molecule has 0 bridgehead atoms. The number of fused-ring (bicyclic) bond motifs is 1. The average Bonchev–Trinajstić information content (AvgIpc) is 2.82. The highest BCUT2D eigenvalue weighted by molar-refractivity contribution is 5.91. The maximum atomic E-state index is 13.2. The maximum absolute atomic E-state index is 13.2. The largest absolute Gasteiger partial charge is 0.497 e. The van der Waals surface area contributed by atoms with Crippen LogP contribution in [-0.4, -0.2) is 47.7 Å². The fourth-order valence-corrected chi connectivity index (χ4v) is 4.83. The number of carbonyl (C=O) groups excluding carboxylic acids is 2. The summed E-state index contributed by atoms with van der Waals surface area (Å²) in [6, 6.07) is 11.7. The molecule has 2 amide bonds. The molecule has 2 aromatic carbocycles. The van der Waals surface area contributed by atoms with Gasteiger partial charge in [-0.1, -0.05) is 43.5 Å². The molecule has 1 saturated carbocycles. The van der Waals surface area contributed by atoms with Crippen molar-refractivity contribution in [1.29, 1.82) is 0 Å². The number of amides is 2. The molecule has 0 aromatic heterocycles. The third-order valence-electron chi connectivity index (χ3n) is 6.95. The van der Waals surface area contributed by atoms with Gasteiger partial charge in [0.15, 0.2) is 0 Å². The highest BCUT2D eigenvalue weighted by Gasteiger charge is 2.45. The monoisotopic (exact) mass is 469 g/mol. The Kier molecular flexibility index (Phi) is 8.18. The van der Waals surface area contributed by atoms with Gasteiger partial charge in [-0.2, -0.15) is 0 Å². The first-order chi connectivity index (χ1) is 16.1. The highest BCUT2D eigenvalue weighted by atomic mass is 16.6. The van der Waals surface area contributed by atoms with Crippen LogP contribution in [-0.2, 0) is 20.7 Å². The Balaban J connectivity index is 1.80. The Labute approximate surface area is 201 Å². The van der Waals surface area contributed by atoms with Gasteiger partial charge < -0.3 is 14.6 Å². The van der Waals surface area contributed by atoms with Crippen molar-refractivity contribution in [2.75, 3.05) is 13.7 Å². The lowest BCUT2D eigenvalue weighted by atomic mass is 9.74. The van der Waals surface area contributed by atoms with Gasteiger partial charge in [-0.25, -0.2) is 9.69 Å². The molecule has 1 atom stereocenters. The lowest BCUT2D eigenvalue weighted by Gasteiger charge is -2.38. The predicted octanol–water partition coefficient (Wildman–Crippen LogP) is 5.44. The molecule has 1 aliphatic carbocycles. The molecule has 0 saturated heterocycles. The van der Waals surface area contributed by atoms with Gasteiger partial charge in [-0.05, 0) is 67.5 Å². The minimum atomic E-state index is -1.26. The molecule has 184 valence electrons. The number of rotatable bonds is 8. The summed E-state index contributed by atoms with van der Waals surface area (Å²) < 4.78 is 11.2. The molecule has 7 nitrogen and oxygen atoms in total. The molecule has 2 aromatic rings. The summed E-state index contributed by atoms with van der Waals surface area (Å²) in [6.45, 7) is 4.63. The Morgan fingerprint density at radius 3 is 2.44 bits per heavy atom. The van der Waals surface area contributed by atoms with E-state index in [1.807, 2.05) is 36.4 Å². The van der Waals surface area contributed by atoms with E-state index in [2.05, 4.69) is 0 Å². The van der Waals surface area contributed by atoms with E-state index in [0.29, 0.717) is 6.42 Å². The van der Waals surface area contributed by atoms with Crippen LogP contribution in [0.1, 0.15) is 58.4 Å². The predicted molar refractivity (Wildman–Crippen MR) is 130 cm³/mol. The van der Waals surface area contributed by atoms with Crippen molar-refractivity contribution in [3.63, 3.8) is 0 Å². The number of benzene rings is 2. The van der Waals surface area contributed by atoms with Gasteiger partial charge >= 0.3 is 12.1 Å². The number of ether oxygens (including phenoxy) is 2. The molecule has 1 aliphatic rings. The maximum Gasteiger partial charge on any atom is 0.416 e. The topological polar surface area (TPSA) is 93.1 Å². The van der Waals surface area contributed by atoms with E-state index in [0.717, 1.165) is 59.1 Å². The second kappa shape index (κ2) is 10.9. The highest BCUT2D eigenvalue weighted by Crippen LogP contribution is 2.38. The second-order valence-corrected chi connectivity index (χ2v) is 9.65. The van der Waals surface area contributed by atoms with E-state index in [1.54, 1.807) is 21.0 Å². The van der Waals surface area contributed by atoms with Crippen molar-refractivity contribution in [3.8, 4) is 5.75 Å². The smallest absolute Gasteiger partial charge is 0.416 e. The normalized spacial score (nSPS) is 15.5. The Morgan fingerprint density at radius 2 is 1.82 bits per heavy atom. The molecule has 1 unspecified atom stereocenters. The van der Waals surface area contributed by atoms with E-state index < -0.39 is 29.5 Å². The van der Waals surface area contributed by atoms with Gasteiger partial charge in [-0.3, -0.25) is 9.59 Å². The van der Waals surface area contributed by atoms with Crippen LogP contribution in [0.3, 0.4) is 0 Å². The van der Waals surface area contributed by atoms with E-state index in [1.165, 1.54) is 6.92 Å². The molecule has 0 spiro atoms. The first-order valence-electron chi connectivity index (χ1n) is 11.9. The number of hydrogen-bond acceptors (Lipinski definition) is 5. The standard InChI is InChI=1S/C27H35NO6/c1-18(29)28(16-15-20-12-8-11-19-13-14-22(33-4)17-23(19)20)26(32)34-24(27(2,3)25(30)31)21-9-6-5-7-10-21/h8,11-14,17,21,24H,5-7,9-10,15-16H2,1-4H3,(H,30,31). The van der Waals surface area contributed by atoms with Crippen molar-refractivity contribution in [1.82, 2.24) is 4.90 Å². The zero-order valence-electron chi connectivity index (χ0n) is 20.5. The number of nitrogens with zero attached hydrogens (tertiary/aromatic N) is 1. The van der Waals surface area contributed by atoms with Crippen LogP contribution < -0.4 is 4.74 Å². The average molecular weight is 470 g/mol. The minimum absolute atomic E-state index is 0.0388.